The van der Waals surface area contributed by atoms with Crippen LogP contribution in [0.5, 0.6) is 17.2 Å². The highest BCUT2D eigenvalue weighted by atomic mass is 16.5. The van der Waals surface area contributed by atoms with Crippen molar-refractivity contribution in [3.63, 3.8) is 0 Å². The second-order valence-corrected chi connectivity index (χ2v) is 10.4. The number of carbonyl (C=O) groups excluding carboxylic acids is 2. The van der Waals surface area contributed by atoms with Gasteiger partial charge in [0, 0.05) is 29.3 Å². The van der Waals surface area contributed by atoms with E-state index in [2.05, 4.69) is 5.32 Å². The third kappa shape index (κ3) is 5.40. The van der Waals surface area contributed by atoms with Crippen LogP contribution >= 0.6 is 0 Å². The number of nitrogens with one attached hydrogen (secondary N) is 1. The fraction of sp³-hybridized carbons (Fsp3) is 0.438. The Balaban J connectivity index is 1.55. The van der Waals surface area contributed by atoms with E-state index in [1.54, 1.807) is 14.2 Å². The molecule has 2 aliphatic carbocycles. The molecule has 2 aromatic carbocycles. The van der Waals surface area contributed by atoms with Crippen molar-refractivity contribution < 1.29 is 28.5 Å². The van der Waals surface area contributed by atoms with E-state index in [4.69, 9.17) is 18.9 Å². The molecule has 0 bridgehead atoms. The first kappa shape index (κ1) is 26.9. The summed E-state index contributed by atoms with van der Waals surface area (Å²) in [7, 11) is 3.24. The maximum Gasteiger partial charge on any atom is 0.337 e. The van der Waals surface area contributed by atoms with Crippen molar-refractivity contribution >= 4 is 11.8 Å². The molecule has 0 spiro atoms. The Morgan fingerprint density at radius 2 is 1.67 bits per heavy atom. The topological polar surface area (TPSA) is 83.1 Å². The van der Waals surface area contributed by atoms with E-state index in [0.29, 0.717) is 42.1 Å². The molecule has 2 atom stereocenters. The third-order valence-electron chi connectivity index (χ3n) is 8.03. The minimum atomic E-state index is -0.552. The minimum Gasteiger partial charge on any atom is -0.497 e. The monoisotopic (exact) mass is 531 g/mol. The van der Waals surface area contributed by atoms with Gasteiger partial charge in [0.15, 0.2) is 17.3 Å². The molecule has 0 aromatic heterocycles. The number of methoxy groups -OCH3 is 2. The Kier molecular flexibility index (Phi) is 7.96. The van der Waals surface area contributed by atoms with E-state index in [0.717, 1.165) is 54.0 Å². The summed E-state index contributed by atoms with van der Waals surface area (Å²) in [5.41, 5.74) is 4.60. The Morgan fingerprint density at radius 3 is 2.33 bits per heavy atom. The van der Waals surface area contributed by atoms with Gasteiger partial charge in [-0.3, -0.25) is 4.79 Å². The number of ketones is 1. The molecular weight excluding hydrogens is 494 g/mol. The molecule has 0 amide bonds. The van der Waals surface area contributed by atoms with Gasteiger partial charge in [-0.05, 0) is 87.3 Å². The van der Waals surface area contributed by atoms with Crippen LogP contribution in [0.4, 0.5) is 0 Å². The van der Waals surface area contributed by atoms with Gasteiger partial charge in [-0.2, -0.15) is 0 Å². The summed E-state index contributed by atoms with van der Waals surface area (Å²) in [5.74, 6) is 1.12. The molecule has 2 aromatic rings. The van der Waals surface area contributed by atoms with Crippen molar-refractivity contribution in [1.29, 1.82) is 0 Å². The Morgan fingerprint density at radius 1 is 0.949 bits per heavy atom. The number of benzene rings is 2. The molecule has 39 heavy (non-hydrogen) atoms. The van der Waals surface area contributed by atoms with Crippen molar-refractivity contribution in [2.24, 2.45) is 0 Å². The van der Waals surface area contributed by atoms with Gasteiger partial charge in [-0.25, -0.2) is 4.79 Å². The number of hydrogen-bond donors (Lipinski definition) is 1. The predicted molar refractivity (Wildman–Crippen MR) is 148 cm³/mol. The number of esters is 1. The normalized spacial score (nSPS) is 21.4. The molecule has 0 radical (unpaired) electrons. The van der Waals surface area contributed by atoms with Crippen molar-refractivity contribution in [1.82, 2.24) is 5.32 Å². The second-order valence-electron chi connectivity index (χ2n) is 10.4. The highest BCUT2D eigenvalue weighted by Gasteiger charge is 2.42. The smallest absolute Gasteiger partial charge is 0.337 e. The lowest BCUT2D eigenvalue weighted by Gasteiger charge is -2.37. The molecule has 1 heterocycles. The van der Waals surface area contributed by atoms with Gasteiger partial charge in [0.2, 0.25) is 0 Å². The van der Waals surface area contributed by atoms with Crippen LogP contribution < -0.4 is 19.5 Å². The van der Waals surface area contributed by atoms with E-state index < -0.39 is 5.92 Å². The number of ether oxygens (including phenoxy) is 4. The average molecular weight is 532 g/mol. The maximum absolute atomic E-state index is 13.9. The van der Waals surface area contributed by atoms with Crippen LogP contribution in [0.1, 0.15) is 75.3 Å². The third-order valence-corrected chi connectivity index (χ3v) is 8.03. The van der Waals surface area contributed by atoms with Crippen LogP contribution in [0.25, 0.3) is 0 Å². The van der Waals surface area contributed by atoms with Crippen LogP contribution in [0.2, 0.25) is 0 Å². The van der Waals surface area contributed by atoms with Crippen molar-refractivity contribution in [2.45, 2.75) is 70.3 Å². The second kappa shape index (κ2) is 11.6. The van der Waals surface area contributed by atoms with Gasteiger partial charge < -0.3 is 24.3 Å². The highest BCUT2D eigenvalue weighted by molar-refractivity contribution is 6.04. The number of carbonyl (C=O) groups is 2. The molecule has 5 rings (SSSR count). The van der Waals surface area contributed by atoms with Crippen LogP contribution in [0, 0.1) is 0 Å². The zero-order valence-corrected chi connectivity index (χ0v) is 23.2. The van der Waals surface area contributed by atoms with E-state index in [9.17, 15) is 9.59 Å². The molecule has 1 aliphatic heterocycles. The van der Waals surface area contributed by atoms with Gasteiger partial charge in [0.1, 0.15) is 11.9 Å². The van der Waals surface area contributed by atoms with Gasteiger partial charge in [-0.15, -0.1) is 0 Å². The zero-order chi connectivity index (χ0) is 27.5. The highest BCUT2D eigenvalue weighted by Crippen LogP contribution is 2.47. The lowest BCUT2D eigenvalue weighted by atomic mass is 9.71. The molecule has 7 nitrogen and oxygen atoms in total. The largest absolute Gasteiger partial charge is 0.497 e. The molecule has 3 aliphatic rings. The molecular formula is C32H37NO6. The SMILES string of the molecule is CCOc1ccc([C@H]2C(C(=O)OC3CCCC3)=C(C)NC3=C2C(=O)C[C@@H](c2ccc(OC)cc2)C3)cc1OC. The van der Waals surface area contributed by atoms with Gasteiger partial charge >= 0.3 is 5.97 Å². The first-order valence-corrected chi connectivity index (χ1v) is 13.8. The van der Waals surface area contributed by atoms with Gasteiger partial charge in [-0.1, -0.05) is 18.2 Å². The number of dihydropyridines is 1. The van der Waals surface area contributed by atoms with Crippen molar-refractivity contribution in [3.05, 3.63) is 76.1 Å². The van der Waals surface area contributed by atoms with E-state index in [1.807, 2.05) is 56.3 Å². The van der Waals surface area contributed by atoms with E-state index in [-0.39, 0.29) is 23.8 Å². The molecule has 206 valence electrons. The van der Waals surface area contributed by atoms with Gasteiger partial charge in [0.05, 0.1) is 26.4 Å². The first-order chi connectivity index (χ1) is 18.9. The number of Topliss-reactive ketones (excluding diaryl/α,β-unsaturated/α-hetero) is 1. The molecule has 0 unspecified atom stereocenters. The minimum absolute atomic E-state index is 0.0288. The number of rotatable bonds is 8. The summed E-state index contributed by atoms with van der Waals surface area (Å²) in [6.45, 7) is 4.32. The summed E-state index contributed by atoms with van der Waals surface area (Å²) in [5, 5.41) is 3.44. The Labute approximate surface area is 230 Å². The average Bonchev–Trinajstić information content (AvgIpc) is 3.45. The first-order valence-electron chi connectivity index (χ1n) is 13.8. The van der Waals surface area contributed by atoms with E-state index in [1.165, 1.54) is 0 Å². The summed E-state index contributed by atoms with van der Waals surface area (Å²) in [4.78, 5) is 27.6. The molecule has 0 saturated heterocycles. The molecule has 1 fully saturated rings. The van der Waals surface area contributed by atoms with Gasteiger partial charge in [0.25, 0.3) is 0 Å². The van der Waals surface area contributed by atoms with Crippen molar-refractivity contribution in [3.8, 4) is 17.2 Å². The van der Waals surface area contributed by atoms with Crippen molar-refractivity contribution in [2.75, 3.05) is 20.8 Å². The standard InChI is InChI=1S/C32H37NO6/c1-5-38-27-15-12-21(18-28(27)37-4)30-29(32(35)39-24-8-6-7-9-24)19(2)33-25-16-22(17-26(34)31(25)30)20-10-13-23(36-3)14-11-20/h10-15,18,22,24,30,33H,5-9,16-17H2,1-4H3/t22-,30-/m0/s1. The lowest BCUT2D eigenvalue weighted by molar-refractivity contribution is -0.144. The summed E-state index contributed by atoms with van der Waals surface area (Å²) in [6, 6.07) is 13.5. The molecule has 1 saturated carbocycles. The maximum atomic E-state index is 13.9. The quantitative estimate of drug-likeness (QED) is 0.422. The Bertz CT molecular complexity index is 1300. The summed E-state index contributed by atoms with van der Waals surface area (Å²) >= 11 is 0. The summed E-state index contributed by atoms with van der Waals surface area (Å²) in [6.07, 6.45) is 4.84. The lowest BCUT2D eigenvalue weighted by Crippen LogP contribution is -2.36. The van der Waals surface area contributed by atoms with Crippen LogP contribution in [0.15, 0.2) is 65.0 Å². The predicted octanol–water partition coefficient (Wildman–Crippen LogP) is 5.95. The number of hydrogen-bond acceptors (Lipinski definition) is 7. The van der Waals surface area contributed by atoms with E-state index >= 15 is 0 Å². The number of allylic oxidation sites excluding steroid dienone is 3. The van der Waals surface area contributed by atoms with Crippen LogP contribution in [0.3, 0.4) is 0 Å². The zero-order valence-electron chi connectivity index (χ0n) is 23.2. The fourth-order valence-electron chi connectivity index (χ4n) is 6.11. The Hall–Kier alpha value is -3.74. The summed E-state index contributed by atoms with van der Waals surface area (Å²) < 4.78 is 22.7. The fourth-order valence-corrected chi connectivity index (χ4v) is 6.11. The molecule has 7 heteroatoms. The van der Waals surface area contributed by atoms with Crippen LogP contribution in [-0.2, 0) is 14.3 Å². The molecule has 1 N–H and O–H groups in total. The van der Waals surface area contributed by atoms with Crippen LogP contribution in [-0.4, -0.2) is 38.7 Å².